The summed E-state index contributed by atoms with van der Waals surface area (Å²) in [5.74, 6) is 0.387. The molecule has 0 unspecified atom stereocenters. The number of benzene rings is 1. The van der Waals surface area contributed by atoms with Crippen LogP contribution in [0.15, 0.2) is 30.3 Å². The van der Waals surface area contributed by atoms with Gasteiger partial charge in [0.15, 0.2) is 0 Å². The third-order valence-corrected chi connectivity index (χ3v) is 6.16. The lowest BCUT2D eigenvalue weighted by Gasteiger charge is -2.20. The van der Waals surface area contributed by atoms with E-state index in [9.17, 15) is 4.79 Å². The van der Waals surface area contributed by atoms with Crippen molar-refractivity contribution in [3.05, 3.63) is 34.2 Å². The van der Waals surface area contributed by atoms with Crippen LogP contribution in [0, 0.1) is 9.24 Å². The standard InChI is InChI=1S/C15H16O2S3/c1-4-15(2,3)14(16)17-11-7-5-10(6-8-11)12-9-13(18)20-19-12/h5-9H,4H2,1-3H3. The zero-order valence-electron chi connectivity index (χ0n) is 11.6. The number of hydrogen-bond acceptors (Lipinski definition) is 5. The van der Waals surface area contributed by atoms with E-state index in [1.807, 2.05) is 51.1 Å². The van der Waals surface area contributed by atoms with Crippen LogP contribution >= 0.6 is 32.9 Å². The predicted molar refractivity (Wildman–Crippen MR) is 88.2 cm³/mol. The van der Waals surface area contributed by atoms with Crippen LogP contribution in [0.1, 0.15) is 27.2 Å². The van der Waals surface area contributed by atoms with Crippen LogP contribution in [0.25, 0.3) is 10.4 Å². The van der Waals surface area contributed by atoms with E-state index < -0.39 is 5.41 Å². The van der Waals surface area contributed by atoms with Gasteiger partial charge in [0.2, 0.25) is 0 Å². The summed E-state index contributed by atoms with van der Waals surface area (Å²) < 4.78 is 6.31. The lowest BCUT2D eigenvalue weighted by molar-refractivity contribution is -0.144. The maximum absolute atomic E-state index is 12.0. The smallest absolute Gasteiger partial charge is 0.316 e. The fraction of sp³-hybridized carbons (Fsp3) is 0.333. The minimum absolute atomic E-state index is 0.195. The molecule has 0 atom stereocenters. The average molecular weight is 324 g/mol. The molecule has 0 radical (unpaired) electrons. The van der Waals surface area contributed by atoms with E-state index in [4.69, 9.17) is 17.0 Å². The lowest BCUT2D eigenvalue weighted by Crippen LogP contribution is -2.28. The van der Waals surface area contributed by atoms with Gasteiger partial charge in [0, 0.05) is 4.88 Å². The maximum atomic E-state index is 12.0. The van der Waals surface area contributed by atoms with Crippen molar-refractivity contribution >= 4 is 38.9 Å². The predicted octanol–water partition coefficient (Wildman–Crippen LogP) is 5.55. The van der Waals surface area contributed by atoms with Gasteiger partial charge in [0.1, 0.15) is 9.57 Å². The molecule has 1 heterocycles. The van der Waals surface area contributed by atoms with Gasteiger partial charge < -0.3 is 4.74 Å². The van der Waals surface area contributed by atoms with Gasteiger partial charge in [-0.1, -0.05) is 39.8 Å². The number of rotatable bonds is 4. The Hall–Kier alpha value is -1.04. The van der Waals surface area contributed by atoms with E-state index in [0.29, 0.717) is 5.75 Å². The van der Waals surface area contributed by atoms with Crippen molar-refractivity contribution < 1.29 is 9.53 Å². The molecule has 1 aromatic carbocycles. The van der Waals surface area contributed by atoms with Crippen molar-refractivity contribution in [1.29, 1.82) is 0 Å². The summed E-state index contributed by atoms with van der Waals surface area (Å²) in [4.78, 5) is 13.1. The molecule has 1 aromatic heterocycles. The first-order valence-corrected chi connectivity index (χ1v) is 8.91. The molecule has 0 aliphatic rings. The van der Waals surface area contributed by atoms with Gasteiger partial charge in [-0.2, -0.15) is 0 Å². The topological polar surface area (TPSA) is 26.3 Å². The number of esters is 1. The number of ether oxygens (including phenoxy) is 1. The molecule has 5 heteroatoms. The Labute approximate surface area is 131 Å². The summed E-state index contributed by atoms with van der Waals surface area (Å²) >= 11 is 5.13. The molecule has 2 aromatic rings. The highest BCUT2D eigenvalue weighted by atomic mass is 32.9. The summed E-state index contributed by atoms with van der Waals surface area (Å²) in [6, 6.07) is 9.55. The van der Waals surface area contributed by atoms with Gasteiger partial charge in [-0.3, -0.25) is 4.79 Å². The third kappa shape index (κ3) is 3.53. The number of carbonyl (C=O) groups is 1. The van der Waals surface area contributed by atoms with Gasteiger partial charge >= 0.3 is 5.97 Å². The summed E-state index contributed by atoms with van der Waals surface area (Å²) in [7, 11) is 3.25. The largest absolute Gasteiger partial charge is 0.426 e. The van der Waals surface area contributed by atoms with Crippen molar-refractivity contribution in [1.82, 2.24) is 0 Å². The van der Waals surface area contributed by atoms with Crippen molar-refractivity contribution in [3.63, 3.8) is 0 Å². The van der Waals surface area contributed by atoms with E-state index in [0.717, 1.165) is 20.7 Å². The third-order valence-electron chi connectivity index (χ3n) is 3.25. The molecule has 0 saturated carbocycles. The highest BCUT2D eigenvalue weighted by Crippen LogP contribution is 2.31. The van der Waals surface area contributed by atoms with Crippen molar-refractivity contribution in [3.8, 4) is 16.2 Å². The van der Waals surface area contributed by atoms with Gasteiger partial charge in [-0.15, -0.1) is 0 Å². The highest BCUT2D eigenvalue weighted by molar-refractivity contribution is 7.80. The summed E-state index contributed by atoms with van der Waals surface area (Å²) in [6.07, 6.45) is 0.752. The molecule has 0 spiro atoms. The molecule has 0 N–H and O–H groups in total. The van der Waals surface area contributed by atoms with Crippen LogP contribution in [0.2, 0.25) is 0 Å². The van der Waals surface area contributed by atoms with Crippen LogP contribution in [-0.4, -0.2) is 5.97 Å². The zero-order chi connectivity index (χ0) is 14.8. The molecular formula is C15H16O2S3. The fourth-order valence-electron chi connectivity index (χ4n) is 1.45. The quantitative estimate of drug-likeness (QED) is 0.319. The number of carbonyl (C=O) groups excluding carboxylic acids is 1. The second-order valence-electron chi connectivity index (χ2n) is 5.15. The van der Waals surface area contributed by atoms with Crippen LogP contribution in [-0.2, 0) is 4.79 Å². The van der Waals surface area contributed by atoms with Gasteiger partial charge in [0.25, 0.3) is 0 Å². The second-order valence-corrected chi connectivity index (χ2v) is 8.06. The summed E-state index contributed by atoms with van der Waals surface area (Å²) in [5.41, 5.74) is 0.641. The molecule has 0 aliphatic heterocycles. The Balaban J connectivity index is 2.13. The molecular weight excluding hydrogens is 308 g/mol. The molecule has 0 aliphatic carbocycles. The van der Waals surface area contributed by atoms with Crippen LogP contribution in [0.5, 0.6) is 5.75 Å². The Morgan fingerprint density at radius 3 is 2.40 bits per heavy atom. The Morgan fingerprint density at radius 1 is 1.25 bits per heavy atom. The molecule has 0 saturated heterocycles. The number of hydrogen-bond donors (Lipinski definition) is 0. The van der Waals surface area contributed by atoms with Gasteiger partial charge in [-0.05, 0) is 56.2 Å². The monoisotopic (exact) mass is 324 g/mol. The van der Waals surface area contributed by atoms with Crippen molar-refractivity contribution in [2.24, 2.45) is 5.41 Å². The van der Waals surface area contributed by atoms with E-state index >= 15 is 0 Å². The van der Waals surface area contributed by atoms with E-state index in [-0.39, 0.29) is 5.97 Å². The molecule has 2 nitrogen and oxygen atoms in total. The summed E-state index contributed by atoms with van der Waals surface area (Å²) in [6.45, 7) is 5.76. The zero-order valence-corrected chi connectivity index (χ0v) is 14.1. The minimum Gasteiger partial charge on any atom is -0.426 e. The Morgan fingerprint density at radius 2 is 1.90 bits per heavy atom. The van der Waals surface area contributed by atoms with E-state index in [1.165, 1.54) is 0 Å². The summed E-state index contributed by atoms with van der Waals surface area (Å²) in [5, 5.41) is 0. The average Bonchev–Trinajstić information content (AvgIpc) is 2.86. The van der Waals surface area contributed by atoms with Crippen LogP contribution in [0.4, 0.5) is 0 Å². The van der Waals surface area contributed by atoms with Crippen LogP contribution in [0.3, 0.4) is 0 Å². The minimum atomic E-state index is -0.453. The first-order valence-electron chi connectivity index (χ1n) is 6.35. The van der Waals surface area contributed by atoms with Crippen LogP contribution < -0.4 is 4.74 Å². The van der Waals surface area contributed by atoms with Crippen molar-refractivity contribution in [2.45, 2.75) is 27.2 Å². The lowest BCUT2D eigenvalue weighted by atomic mass is 9.91. The fourth-order valence-corrected chi connectivity index (χ4v) is 3.85. The highest BCUT2D eigenvalue weighted by Gasteiger charge is 2.27. The molecule has 106 valence electrons. The molecule has 0 bridgehead atoms. The van der Waals surface area contributed by atoms with Gasteiger partial charge in [-0.25, -0.2) is 0 Å². The normalized spacial score (nSPS) is 11.3. The first kappa shape index (κ1) is 15.4. The Bertz CT molecular complexity index is 650. The SMILES string of the molecule is CCC(C)(C)C(=O)Oc1ccc(-c2cc(=S)ss2)cc1. The van der Waals surface area contributed by atoms with E-state index in [2.05, 4.69) is 0 Å². The maximum Gasteiger partial charge on any atom is 0.316 e. The molecule has 0 fully saturated rings. The molecule has 0 amide bonds. The van der Waals surface area contributed by atoms with E-state index in [1.54, 1.807) is 20.7 Å². The second kappa shape index (κ2) is 6.16. The molecule has 20 heavy (non-hydrogen) atoms. The Kier molecular flexibility index (Phi) is 4.73. The molecule has 2 rings (SSSR count). The first-order chi connectivity index (χ1) is 9.42. The van der Waals surface area contributed by atoms with Gasteiger partial charge in [0.05, 0.1) is 5.41 Å². The van der Waals surface area contributed by atoms with Crippen molar-refractivity contribution in [2.75, 3.05) is 0 Å².